The normalized spacial score (nSPS) is 10.8. The van der Waals surface area contributed by atoms with Gasteiger partial charge in [-0.05, 0) is 31.3 Å². The molecule has 0 amide bonds. The lowest BCUT2D eigenvalue weighted by molar-refractivity contribution is 0.789. The fourth-order valence-corrected chi connectivity index (χ4v) is 2.99. The fourth-order valence-electron chi connectivity index (χ4n) is 2.99. The van der Waals surface area contributed by atoms with Crippen molar-refractivity contribution in [3.63, 3.8) is 0 Å². The molecular formula is C21H20N6. The molecule has 3 heterocycles. The first-order chi connectivity index (χ1) is 13.1. The van der Waals surface area contributed by atoms with E-state index in [1.807, 2.05) is 61.1 Å². The van der Waals surface area contributed by atoms with E-state index in [1.54, 1.807) is 4.52 Å². The summed E-state index contributed by atoms with van der Waals surface area (Å²) in [5, 5.41) is 4.51. The smallest absolute Gasteiger partial charge is 0.253 e. The van der Waals surface area contributed by atoms with E-state index in [4.69, 9.17) is 0 Å². The highest BCUT2D eigenvalue weighted by atomic mass is 15.3. The molecule has 0 N–H and O–H groups in total. The molecule has 3 aromatic heterocycles. The van der Waals surface area contributed by atoms with E-state index in [0.29, 0.717) is 17.4 Å². The zero-order valence-electron chi connectivity index (χ0n) is 15.6. The number of hydrogen-bond acceptors (Lipinski definition) is 4. The molecule has 0 saturated heterocycles. The summed E-state index contributed by atoms with van der Waals surface area (Å²) in [5.74, 6) is 7.83. The lowest BCUT2D eigenvalue weighted by atomic mass is 10.2. The van der Waals surface area contributed by atoms with Gasteiger partial charge in [-0.2, -0.15) is 4.98 Å². The summed E-state index contributed by atoms with van der Waals surface area (Å²) in [5.41, 5.74) is 4.00. The molecule has 0 aliphatic heterocycles. The quantitative estimate of drug-likeness (QED) is 0.529. The fraction of sp³-hybridized carbons (Fsp3) is 0.238. The van der Waals surface area contributed by atoms with Crippen LogP contribution in [0.15, 0.2) is 42.6 Å². The third-order valence-corrected chi connectivity index (χ3v) is 4.25. The lowest BCUT2D eigenvalue weighted by Gasteiger charge is -2.02. The van der Waals surface area contributed by atoms with Gasteiger partial charge in [-0.3, -0.25) is 0 Å². The number of benzene rings is 1. The molecule has 4 rings (SSSR count). The summed E-state index contributed by atoms with van der Waals surface area (Å²) in [6.45, 7) is 4.11. The number of hydrogen-bond donors (Lipinski definition) is 0. The van der Waals surface area contributed by atoms with Gasteiger partial charge in [0.1, 0.15) is 0 Å². The van der Waals surface area contributed by atoms with Crippen LogP contribution in [0.2, 0.25) is 0 Å². The third kappa shape index (κ3) is 3.44. The van der Waals surface area contributed by atoms with Crippen LogP contribution in [-0.4, -0.2) is 29.1 Å². The van der Waals surface area contributed by atoms with Crippen LogP contribution >= 0.6 is 0 Å². The second kappa shape index (κ2) is 7.04. The van der Waals surface area contributed by atoms with Crippen molar-refractivity contribution < 1.29 is 0 Å². The van der Waals surface area contributed by atoms with Crippen LogP contribution in [0.1, 0.15) is 36.4 Å². The summed E-state index contributed by atoms with van der Waals surface area (Å²) < 4.78 is 3.70. The van der Waals surface area contributed by atoms with E-state index in [-0.39, 0.29) is 0 Å². The van der Waals surface area contributed by atoms with Crippen molar-refractivity contribution in [3.05, 3.63) is 65.6 Å². The molecule has 0 radical (unpaired) electrons. The minimum absolute atomic E-state index is 0.453. The third-order valence-electron chi connectivity index (χ3n) is 4.25. The molecule has 4 aromatic rings. The van der Waals surface area contributed by atoms with Gasteiger partial charge in [-0.1, -0.05) is 43.7 Å². The largest absolute Gasteiger partial charge is 0.327 e. The Labute approximate surface area is 157 Å². The van der Waals surface area contributed by atoms with Crippen LogP contribution in [-0.2, 0) is 13.5 Å². The maximum Gasteiger partial charge on any atom is 0.253 e. The van der Waals surface area contributed by atoms with E-state index < -0.39 is 0 Å². The van der Waals surface area contributed by atoms with Gasteiger partial charge in [0.25, 0.3) is 5.78 Å². The Morgan fingerprint density at radius 3 is 2.63 bits per heavy atom. The number of aromatic nitrogens is 6. The second-order valence-electron chi connectivity index (χ2n) is 6.46. The number of fused-ring (bicyclic) bond motifs is 1. The standard InChI is InChI=1S/C21H20N6/c1-4-8-17-13-15(2)22-21-24-19(25-27(17)21)11-12-20-23-18(14-26(20)3)16-9-6-5-7-10-16/h5-7,9-10,13-14H,4,8H2,1-3H3. The Balaban J connectivity index is 1.69. The van der Waals surface area contributed by atoms with Crippen LogP contribution in [0, 0.1) is 18.8 Å². The van der Waals surface area contributed by atoms with Gasteiger partial charge in [-0.15, -0.1) is 5.10 Å². The lowest BCUT2D eigenvalue weighted by Crippen LogP contribution is -2.01. The van der Waals surface area contributed by atoms with Crippen molar-refractivity contribution in [1.82, 2.24) is 29.1 Å². The molecular weight excluding hydrogens is 336 g/mol. The molecule has 0 atom stereocenters. The maximum absolute atomic E-state index is 4.62. The van der Waals surface area contributed by atoms with E-state index in [9.17, 15) is 0 Å². The van der Waals surface area contributed by atoms with Crippen LogP contribution < -0.4 is 0 Å². The summed E-state index contributed by atoms with van der Waals surface area (Å²) in [4.78, 5) is 13.5. The average Bonchev–Trinajstić information content (AvgIpc) is 3.24. The molecule has 27 heavy (non-hydrogen) atoms. The van der Waals surface area contributed by atoms with Gasteiger partial charge in [0.05, 0.1) is 5.69 Å². The predicted octanol–water partition coefficient (Wildman–Crippen LogP) is 3.19. The van der Waals surface area contributed by atoms with Crippen molar-refractivity contribution >= 4 is 5.78 Å². The molecule has 0 fully saturated rings. The van der Waals surface area contributed by atoms with Gasteiger partial charge < -0.3 is 4.57 Å². The van der Waals surface area contributed by atoms with Gasteiger partial charge in [0.2, 0.25) is 5.82 Å². The summed E-state index contributed by atoms with van der Waals surface area (Å²) in [6, 6.07) is 12.1. The topological polar surface area (TPSA) is 60.9 Å². The minimum Gasteiger partial charge on any atom is -0.327 e. The Morgan fingerprint density at radius 1 is 1.04 bits per heavy atom. The van der Waals surface area contributed by atoms with E-state index in [0.717, 1.165) is 35.5 Å². The molecule has 0 unspecified atom stereocenters. The highest BCUT2D eigenvalue weighted by Crippen LogP contribution is 2.17. The van der Waals surface area contributed by atoms with E-state index >= 15 is 0 Å². The van der Waals surface area contributed by atoms with E-state index in [2.05, 4.69) is 38.8 Å². The Bertz CT molecular complexity index is 1160. The first-order valence-corrected chi connectivity index (χ1v) is 8.98. The monoisotopic (exact) mass is 356 g/mol. The highest BCUT2D eigenvalue weighted by Gasteiger charge is 2.09. The van der Waals surface area contributed by atoms with Crippen molar-refractivity contribution in [2.75, 3.05) is 0 Å². The van der Waals surface area contributed by atoms with Crippen LogP contribution in [0.3, 0.4) is 0 Å². The highest BCUT2D eigenvalue weighted by molar-refractivity contribution is 5.59. The molecule has 6 heteroatoms. The number of rotatable bonds is 3. The molecule has 1 aromatic carbocycles. The van der Waals surface area contributed by atoms with E-state index in [1.165, 1.54) is 0 Å². The molecule has 0 spiro atoms. The number of imidazole rings is 1. The Morgan fingerprint density at radius 2 is 1.85 bits per heavy atom. The molecule has 134 valence electrons. The van der Waals surface area contributed by atoms with Crippen LogP contribution in [0.5, 0.6) is 0 Å². The first kappa shape index (κ1) is 17.0. The van der Waals surface area contributed by atoms with Gasteiger partial charge in [-0.25, -0.2) is 14.5 Å². The van der Waals surface area contributed by atoms with Gasteiger partial charge in [0.15, 0.2) is 5.82 Å². The summed E-state index contributed by atoms with van der Waals surface area (Å²) in [6.07, 6.45) is 3.94. The molecule has 0 bridgehead atoms. The number of aryl methyl sites for hydroxylation is 3. The molecule has 0 aliphatic carbocycles. The van der Waals surface area contributed by atoms with Crippen LogP contribution in [0.4, 0.5) is 0 Å². The maximum atomic E-state index is 4.62. The summed E-state index contributed by atoms with van der Waals surface area (Å²) >= 11 is 0. The SMILES string of the molecule is CCCc1cc(C)nc2nc(C#Cc3nc(-c4ccccc4)cn3C)nn12. The van der Waals surface area contributed by atoms with Gasteiger partial charge in [0, 0.05) is 30.2 Å². The first-order valence-electron chi connectivity index (χ1n) is 8.98. The summed E-state index contributed by atoms with van der Waals surface area (Å²) in [7, 11) is 1.94. The Kier molecular flexibility index (Phi) is 4.43. The van der Waals surface area contributed by atoms with Crippen LogP contribution in [0.25, 0.3) is 17.0 Å². The molecule has 6 nitrogen and oxygen atoms in total. The molecule has 0 aliphatic rings. The van der Waals surface area contributed by atoms with Crippen molar-refractivity contribution in [2.24, 2.45) is 7.05 Å². The molecule has 0 saturated carbocycles. The predicted molar refractivity (Wildman–Crippen MR) is 104 cm³/mol. The average molecular weight is 356 g/mol. The van der Waals surface area contributed by atoms with Crippen molar-refractivity contribution in [3.8, 4) is 23.1 Å². The minimum atomic E-state index is 0.453. The van der Waals surface area contributed by atoms with Gasteiger partial charge >= 0.3 is 0 Å². The zero-order valence-corrected chi connectivity index (χ0v) is 15.6. The van der Waals surface area contributed by atoms with Crippen molar-refractivity contribution in [2.45, 2.75) is 26.7 Å². The zero-order chi connectivity index (χ0) is 18.8. The Hall–Kier alpha value is -3.46. The number of nitrogens with zero attached hydrogens (tertiary/aromatic N) is 6. The second-order valence-corrected chi connectivity index (χ2v) is 6.46. The van der Waals surface area contributed by atoms with Crippen molar-refractivity contribution in [1.29, 1.82) is 0 Å².